The van der Waals surface area contributed by atoms with Crippen molar-refractivity contribution < 1.29 is 4.39 Å². The topological polar surface area (TPSA) is 30.7 Å². The molecule has 6 heteroatoms. The standard InChI is InChI=1S/C15H12Cl2FN3/c16-9-15-20-13-8-12(18)11(17)7-14(13)21(15)6-4-10-3-1-2-5-19-10/h1-3,5,7-8H,4,6,9H2. The molecule has 0 radical (unpaired) electrons. The maximum absolute atomic E-state index is 13.5. The Morgan fingerprint density at radius 3 is 2.81 bits per heavy atom. The lowest BCUT2D eigenvalue weighted by Gasteiger charge is -2.07. The van der Waals surface area contributed by atoms with Crippen molar-refractivity contribution in [3.63, 3.8) is 0 Å². The van der Waals surface area contributed by atoms with Crippen LogP contribution in [-0.4, -0.2) is 14.5 Å². The van der Waals surface area contributed by atoms with Crippen LogP contribution in [0.15, 0.2) is 36.5 Å². The summed E-state index contributed by atoms with van der Waals surface area (Å²) in [6.07, 6.45) is 2.50. The van der Waals surface area contributed by atoms with E-state index in [0.29, 0.717) is 17.9 Å². The van der Waals surface area contributed by atoms with Gasteiger partial charge in [0, 0.05) is 30.9 Å². The van der Waals surface area contributed by atoms with Crippen LogP contribution < -0.4 is 0 Å². The summed E-state index contributed by atoms with van der Waals surface area (Å²) in [7, 11) is 0. The molecular weight excluding hydrogens is 312 g/mol. The highest BCUT2D eigenvalue weighted by Gasteiger charge is 2.13. The zero-order valence-electron chi connectivity index (χ0n) is 11.1. The summed E-state index contributed by atoms with van der Waals surface area (Å²) < 4.78 is 15.5. The molecule has 0 saturated carbocycles. The van der Waals surface area contributed by atoms with Gasteiger partial charge in [-0.25, -0.2) is 9.37 Å². The highest BCUT2D eigenvalue weighted by atomic mass is 35.5. The van der Waals surface area contributed by atoms with E-state index in [-0.39, 0.29) is 10.9 Å². The molecule has 0 aliphatic rings. The third-order valence-electron chi connectivity index (χ3n) is 3.31. The van der Waals surface area contributed by atoms with E-state index < -0.39 is 5.82 Å². The van der Waals surface area contributed by atoms with Gasteiger partial charge in [-0.3, -0.25) is 4.98 Å². The lowest BCUT2D eigenvalue weighted by atomic mass is 10.2. The summed E-state index contributed by atoms with van der Waals surface area (Å²) in [6, 6.07) is 8.72. The molecule has 0 atom stereocenters. The number of aromatic nitrogens is 3. The van der Waals surface area contributed by atoms with Crippen LogP contribution in [0.25, 0.3) is 11.0 Å². The Bertz CT molecular complexity index is 771. The van der Waals surface area contributed by atoms with E-state index in [2.05, 4.69) is 9.97 Å². The Kier molecular flexibility index (Phi) is 4.08. The van der Waals surface area contributed by atoms with Crippen molar-refractivity contribution in [1.29, 1.82) is 0 Å². The summed E-state index contributed by atoms with van der Waals surface area (Å²) in [5.74, 6) is 0.486. The van der Waals surface area contributed by atoms with E-state index in [9.17, 15) is 4.39 Å². The second kappa shape index (κ2) is 6.00. The normalized spacial score (nSPS) is 11.2. The number of imidazole rings is 1. The first kappa shape index (κ1) is 14.3. The molecule has 0 N–H and O–H groups in total. The second-order valence-electron chi connectivity index (χ2n) is 4.64. The van der Waals surface area contributed by atoms with Crippen molar-refractivity contribution in [3.05, 3.63) is 58.9 Å². The predicted molar refractivity (Wildman–Crippen MR) is 82.2 cm³/mol. The quantitative estimate of drug-likeness (QED) is 0.673. The smallest absolute Gasteiger partial charge is 0.144 e. The maximum Gasteiger partial charge on any atom is 0.144 e. The highest BCUT2D eigenvalue weighted by molar-refractivity contribution is 6.31. The number of hydrogen-bond donors (Lipinski definition) is 0. The molecule has 0 amide bonds. The van der Waals surface area contributed by atoms with Crippen molar-refractivity contribution >= 4 is 34.2 Å². The maximum atomic E-state index is 13.5. The van der Waals surface area contributed by atoms with Crippen molar-refractivity contribution in [2.24, 2.45) is 0 Å². The Hall–Kier alpha value is -1.65. The SMILES string of the molecule is Fc1cc2nc(CCl)n(CCc3ccccn3)c2cc1Cl. The first-order chi connectivity index (χ1) is 10.2. The Balaban J connectivity index is 1.98. The molecule has 0 fully saturated rings. The summed E-state index contributed by atoms with van der Waals surface area (Å²) >= 11 is 11.8. The Labute approximate surface area is 131 Å². The minimum absolute atomic E-state index is 0.0857. The molecule has 21 heavy (non-hydrogen) atoms. The van der Waals surface area contributed by atoms with Gasteiger partial charge >= 0.3 is 0 Å². The molecular formula is C15H12Cl2FN3. The van der Waals surface area contributed by atoms with Crippen molar-refractivity contribution in [2.45, 2.75) is 18.8 Å². The van der Waals surface area contributed by atoms with E-state index in [4.69, 9.17) is 23.2 Å². The zero-order chi connectivity index (χ0) is 14.8. The number of nitrogens with zero attached hydrogens (tertiary/aromatic N) is 3. The lowest BCUT2D eigenvalue weighted by molar-refractivity contribution is 0.629. The second-order valence-corrected chi connectivity index (χ2v) is 5.31. The van der Waals surface area contributed by atoms with Gasteiger partial charge in [-0.1, -0.05) is 17.7 Å². The summed E-state index contributed by atoms with van der Waals surface area (Å²) in [5.41, 5.74) is 2.33. The average molecular weight is 324 g/mol. The molecule has 2 aromatic heterocycles. The average Bonchev–Trinajstić information content (AvgIpc) is 2.83. The Morgan fingerprint density at radius 1 is 1.24 bits per heavy atom. The van der Waals surface area contributed by atoms with Gasteiger partial charge in [0.05, 0.1) is 21.9 Å². The molecule has 0 unspecified atom stereocenters. The number of hydrogen-bond acceptors (Lipinski definition) is 2. The fourth-order valence-corrected chi connectivity index (χ4v) is 2.66. The van der Waals surface area contributed by atoms with Gasteiger partial charge in [-0.15, -0.1) is 11.6 Å². The molecule has 0 spiro atoms. The van der Waals surface area contributed by atoms with E-state index in [1.54, 1.807) is 12.3 Å². The van der Waals surface area contributed by atoms with Crippen LogP contribution in [0.3, 0.4) is 0 Å². The summed E-state index contributed by atoms with van der Waals surface area (Å²) in [5, 5.41) is 0.0857. The largest absolute Gasteiger partial charge is 0.327 e. The molecule has 2 heterocycles. The van der Waals surface area contributed by atoms with Crippen LogP contribution in [-0.2, 0) is 18.8 Å². The van der Waals surface area contributed by atoms with Gasteiger partial charge in [-0.05, 0) is 18.2 Å². The monoisotopic (exact) mass is 323 g/mol. The van der Waals surface area contributed by atoms with Crippen molar-refractivity contribution in [3.8, 4) is 0 Å². The molecule has 3 rings (SSSR count). The number of alkyl halides is 1. The molecule has 108 valence electrons. The molecule has 1 aromatic carbocycles. The molecule has 0 aliphatic carbocycles. The van der Waals surface area contributed by atoms with Gasteiger partial charge < -0.3 is 4.57 Å². The third-order valence-corrected chi connectivity index (χ3v) is 3.84. The van der Waals surface area contributed by atoms with Gasteiger partial charge in [0.15, 0.2) is 0 Å². The molecule has 3 aromatic rings. The van der Waals surface area contributed by atoms with E-state index in [0.717, 1.165) is 17.6 Å². The highest BCUT2D eigenvalue weighted by Crippen LogP contribution is 2.24. The summed E-state index contributed by atoms with van der Waals surface area (Å²) in [4.78, 5) is 8.65. The van der Waals surface area contributed by atoms with Crippen molar-refractivity contribution in [1.82, 2.24) is 14.5 Å². The van der Waals surface area contributed by atoms with Gasteiger partial charge in [0.1, 0.15) is 11.6 Å². The van der Waals surface area contributed by atoms with Crippen LogP contribution in [0.4, 0.5) is 4.39 Å². The molecule has 0 aliphatic heterocycles. The van der Waals surface area contributed by atoms with Crippen LogP contribution in [0.1, 0.15) is 11.5 Å². The molecule has 3 nitrogen and oxygen atoms in total. The lowest BCUT2D eigenvalue weighted by Crippen LogP contribution is -2.06. The molecule has 0 saturated heterocycles. The number of halogens is 3. The van der Waals surface area contributed by atoms with E-state index >= 15 is 0 Å². The first-order valence-electron chi connectivity index (χ1n) is 6.49. The summed E-state index contributed by atoms with van der Waals surface area (Å²) in [6.45, 7) is 0.664. The van der Waals surface area contributed by atoms with Crippen LogP contribution in [0.5, 0.6) is 0 Å². The number of pyridine rings is 1. The van der Waals surface area contributed by atoms with Crippen LogP contribution in [0.2, 0.25) is 5.02 Å². The number of aryl methyl sites for hydroxylation is 2. The minimum Gasteiger partial charge on any atom is -0.327 e. The van der Waals surface area contributed by atoms with E-state index in [1.807, 2.05) is 22.8 Å². The fraction of sp³-hybridized carbons (Fsp3) is 0.200. The molecule has 0 bridgehead atoms. The number of fused-ring (bicyclic) bond motifs is 1. The minimum atomic E-state index is -0.473. The number of benzene rings is 1. The first-order valence-corrected chi connectivity index (χ1v) is 7.40. The van der Waals surface area contributed by atoms with Crippen LogP contribution in [0, 0.1) is 5.82 Å². The number of rotatable bonds is 4. The predicted octanol–water partition coefficient (Wildman–Crippen LogP) is 4.21. The van der Waals surface area contributed by atoms with Crippen molar-refractivity contribution in [2.75, 3.05) is 0 Å². The third kappa shape index (κ3) is 2.87. The van der Waals surface area contributed by atoms with Gasteiger partial charge in [0.25, 0.3) is 0 Å². The van der Waals surface area contributed by atoms with E-state index in [1.165, 1.54) is 6.07 Å². The zero-order valence-corrected chi connectivity index (χ0v) is 12.6. The fourth-order valence-electron chi connectivity index (χ4n) is 2.29. The Morgan fingerprint density at radius 2 is 2.10 bits per heavy atom. The van der Waals surface area contributed by atoms with Gasteiger partial charge in [-0.2, -0.15) is 0 Å². The van der Waals surface area contributed by atoms with Gasteiger partial charge in [0.2, 0.25) is 0 Å². The van der Waals surface area contributed by atoms with Crippen LogP contribution >= 0.6 is 23.2 Å².